The molecule has 11 heteroatoms. The van der Waals surface area contributed by atoms with Crippen LogP contribution in [0.5, 0.6) is 0 Å². The van der Waals surface area contributed by atoms with Gasteiger partial charge in [-0.15, -0.1) is 0 Å². The molecule has 1 aromatic heterocycles. The molecule has 170 valence electrons. The first-order chi connectivity index (χ1) is 14.0. The van der Waals surface area contributed by atoms with Crippen LogP contribution in [0.3, 0.4) is 0 Å². The van der Waals surface area contributed by atoms with Crippen LogP contribution in [0.25, 0.3) is 0 Å². The number of likely N-dealkylation sites (N-methyl/N-ethyl adjacent to an activating group) is 1. The number of hydrogen-bond donors (Lipinski definition) is 2. The fourth-order valence-corrected chi connectivity index (χ4v) is 3.93. The summed E-state index contributed by atoms with van der Waals surface area (Å²) in [6.07, 6.45) is 3.92. The van der Waals surface area contributed by atoms with Gasteiger partial charge in [0, 0.05) is 52.4 Å². The summed E-state index contributed by atoms with van der Waals surface area (Å²) in [6.45, 7) is 2.59. The Morgan fingerprint density at radius 2 is 1.93 bits per heavy atom. The van der Waals surface area contributed by atoms with Gasteiger partial charge in [0.05, 0.1) is 12.2 Å². The van der Waals surface area contributed by atoms with Crippen molar-refractivity contribution >= 4 is 22.6 Å². The summed E-state index contributed by atoms with van der Waals surface area (Å²) in [4.78, 5) is 29.2. The number of hydrogen-bond acceptors (Lipinski definition) is 6. The number of rotatable bonds is 8. The van der Waals surface area contributed by atoms with E-state index >= 15 is 0 Å². The van der Waals surface area contributed by atoms with E-state index in [2.05, 4.69) is 14.6 Å². The zero-order valence-electron chi connectivity index (χ0n) is 18.3. The van der Waals surface area contributed by atoms with Gasteiger partial charge in [-0.25, -0.2) is 4.72 Å². The van der Waals surface area contributed by atoms with Crippen LogP contribution in [-0.2, 0) is 26.3 Å². The Hall–Kier alpha value is -2.08. The molecule has 0 spiro atoms. The molecule has 0 aromatic carbocycles. The van der Waals surface area contributed by atoms with Crippen LogP contribution >= 0.6 is 0 Å². The predicted octanol–water partition coefficient (Wildman–Crippen LogP) is 0.298. The lowest BCUT2D eigenvalue weighted by atomic mass is 10.1. The maximum Gasteiger partial charge on any atom is 0.290 e. The van der Waals surface area contributed by atoms with Crippen LogP contribution in [0.15, 0.2) is 18.3 Å². The van der Waals surface area contributed by atoms with Gasteiger partial charge < -0.3 is 10.0 Å². The molecule has 0 bridgehead atoms. The Bertz CT molecular complexity index is 802. The van der Waals surface area contributed by atoms with Crippen molar-refractivity contribution in [1.29, 1.82) is 0 Å². The molecule has 2 atom stereocenters. The zero-order chi connectivity index (χ0) is 22.9. The molecule has 1 saturated heterocycles. The number of carboxylic acid groups (broad SMARTS) is 1. The third-order valence-corrected chi connectivity index (χ3v) is 6.80. The van der Waals surface area contributed by atoms with Crippen molar-refractivity contribution in [3.8, 4) is 0 Å². The third kappa shape index (κ3) is 7.63. The summed E-state index contributed by atoms with van der Waals surface area (Å²) in [5.74, 6) is 0.0754. The monoisotopic (exact) mass is 443 g/mol. The van der Waals surface area contributed by atoms with Gasteiger partial charge in [0.25, 0.3) is 16.7 Å². The van der Waals surface area contributed by atoms with E-state index in [1.165, 1.54) is 14.1 Å². The van der Waals surface area contributed by atoms with E-state index in [-0.39, 0.29) is 24.5 Å². The standard InChI is InChI=1S/C18H31N5O3S.CH2O2/c1-14-7-6-10-19-17(14)13-22(4)18(24)11-15-8-9-16(23(15)5)12-20-27(25,26)21(2)3;2-1-3/h6-7,10,15-16,20H,8-9,11-13H2,1-5H3;1H,(H,2,3)/t15-,16+;/m1./s1. The first kappa shape index (κ1) is 26.0. The topological polar surface area (TPSA) is 123 Å². The molecule has 2 N–H and O–H groups in total. The molecular formula is C19H33N5O5S. The van der Waals surface area contributed by atoms with E-state index in [1.54, 1.807) is 18.1 Å². The number of aromatic nitrogens is 1. The van der Waals surface area contributed by atoms with Gasteiger partial charge in [-0.05, 0) is 38.4 Å². The maximum atomic E-state index is 12.6. The van der Waals surface area contributed by atoms with E-state index in [0.29, 0.717) is 19.5 Å². The van der Waals surface area contributed by atoms with Crippen LogP contribution < -0.4 is 4.72 Å². The second-order valence-electron chi connectivity index (χ2n) is 7.51. The molecule has 2 rings (SSSR count). The van der Waals surface area contributed by atoms with Crippen molar-refractivity contribution in [2.45, 2.75) is 44.8 Å². The van der Waals surface area contributed by atoms with Gasteiger partial charge >= 0.3 is 0 Å². The van der Waals surface area contributed by atoms with E-state index < -0.39 is 10.2 Å². The highest BCUT2D eigenvalue weighted by Crippen LogP contribution is 2.25. The fraction of sp³-hybridized carbons (Fsp3) is 0.632. The minimum absolute atomic E-state index is 0.0754. The Kier molecular flexibility index (Phi) is 10.3. The smallest absolute Gasteiger partial charge is 0.290 e. The molecule has 10 nitrogen and oxygen atoms in total. The first-order valence-corrected chi connectivity index (χ1v) is 11.1. The largest absolute Gasteiger partial charge is 0.483 e. The van der Waals surface area contributed by atoms with Gasteiger partial charge in [-0.1, -0.05) is 6.07 Å². The number of likely N-dealkylation sites (tertiary alicyclic amines) is 1. The van der Waals surface area contributed by atoms with Crippen LogP contribution in [0, 0.1) is 6.92 Å². The minimum atomic E-state index is -3.43. The molecule has 30 heavy (non-hydrogen) atoms. The molecule has 0 saturated carbocycles. The quantitative estimate of drug-likeness (QED) is 0.554. The molecular weight excluding hydrogens is 410 g/mol. The molecule has 1 aliphatic heterocycles. The zero-order valence-corrected chi connectivity index (χ0v) is 19.1. The summed E-state index contributed by atoms with van der Waals surface area (Å²) in [5.41, 5.74) is 1.98. The molecule has 1 amide bonds. The Labute approximate surface area is 179 Å². The average molecular weight is 444 g/mol. The van der Waals surface area contributed by atoms with Gasteiger partial charge in [0.15, 0.2) is 0 Å². The maximum absolute atomic E-state index is 12.6. The van der Waals surface area contributed by atoms with Crippen LogP contribution in [0.2, 0.25) is 0 Å². The average Bonchev–Trinajstić information content (AvgIpc) is 3.02. The minimum Gasteiger partial charge on any atom is -0.483 e. The third-order valence-electron chi connectivity index (χ3n) is 5.31. The number of pyridine rings is 1. The van der Waals surface area contributed by atoms with Gasteiger partial charge in [-0.2, -0.15) is 12.7 Å². The lowest BCUT2D eigenvalue weighted by Gasteiger charge is -2.27. The van der Waals surface area contributed by atoms with E-state index in [1.807, 2.05) is 26.1 Å². The van der Waals surface area contributed by atoms with Crippen molar-refractivity contribution in [1.82, 2.24) is 23.8 Å². The molecule has 0 unspecified atom stereocenters. The van der Waals surface area contributed by atoms with Crippen molar-refractivity contribution < 1.29 is 23.1 Å². The second-order valence-corrected chi connectivity index (χ2v) is 9.48. The lowest BCUT2D eigenvalue weighted by molar-refractivity contribution is -0.131. The number of carbonyl (C=O) groups is 2. The molecule has 1 aromatic rings. The molecule has 1 fully saturated rings. The van der Waals surface area contributed by atoms with Gasteiger partial charge in [-0.3, -0.25) is 19.5 Å². The summed E-state index contributed by atoms with van der Waals surface area (Å²) in [7, 11) is 3.34. The lowest BCUT2D eigenvalue weighted by Crippen LogP contribution is -2.45. The van der Waals surface area contributed by atoms with Crippen molar-refractivity contribution in [2.75, 3.05) is 34.7 Å². The molecule has 1 aliphatic rings. The van der Waals surface area contributed by atoms with Crippen LogP contribution in [0.1, 0.15) is 30.5 Å². The van der Waals surface area contributed by atoms with E-state index in [9.17, 15) is 13.2 Å². The highest BCUT2D eigenvalue weighted by Gasteiger charge is 2.33. The van der Waals surface area contributed by atoms with Crippen LogP contribution in [-0.4, -0.2) is 91.8 Å². The van der Waals surface area contributed by atoms with Crippen LogP contribution in [0.4, 0.5) is 0 Å². The molecule has 0 radical (unpaired) electrons. The summed E-state index contributed by atoms with van der Waals surface area (Å²) in [6, 6.07) is 4.10. The second kappa shape index (κ2) is 11.9. The van der Waals surface area contributed by atoms with E-state index in [4.69, 9.17) is 9.90 Å². The summed E-state index contributed by atoms with van der Waals surface area (Å²) < 4.78 is 27.5. The number of carbonyl (C=O) groups excluding carboxylic acids is 1. The summed E-state index contributed by atoms with van der Waals surface area (Å²) >= 11 is 0. The Morgan fingerprint density at radius 1 is 1.33 bits per heavy atom. The highest BCUT2D eigenvalue weighted by molar-refractivity contribution is 7.87. The number of amides is 1. The van der Waals surface area contributed by atoms with Crippen molar-refractivity contribution in [3.05, 3.63) is 29.6 Å². The predicted molar refractivity (Wildman–Crippen MR) is 114 cm³/mol. The fourth-order valence-electron chi connectivity index (χ4n) is 3.27. The molecule has 2 heterocycles. The Balaban J connectivity index is 0.00000141. The number of nitrogens with one attached hydrogen (secondary N) is 1. The van der Waals surface area contributed by atoms with Gasteiger partial charge in [0.2, 0.25) is 5.91 Å². The van der Waals surface area contributed by atoms with Crippen molar-refractivity contribution in [2.24, 2.45) is 0 Å². The molecule has 0 aliphatic carbocycles. The number of nitrogens with zero attached hydrogens (tertiary/aromatic N) is 4. The first-order valence-electron chi connectivity index (χ1n) is 9.64. The van der Waals surface area contributed by atoms with Crippen molar-refractivity contribution in [3.63, 3.8) is 0 Å². The summed E-state index contributed by atoms with van der Waals surface area (Å²) in [5, 5.41) is 6.89. The van der Waals surface area contributed by atoms with Gasteiger partial charge in [0.1, 0.15) is 0 Å². The highest BCUT2D eigenvalue weighted by atomic mass is 32.2. The number of aryl methyl sites for hydroxylation is 1. The SMILES string of the molecule is Cc1cccnc1CN(C)C(=O)C[C@H]1CC[C@@H](CNS(=O)(=O)N(C)C)N1C.O=CO. The normalized spacial score (nSPS) is 19.3. The Morgan fingerprint density at radius 3 is 2.50 bits per heavy atom. The van der Waals surface area contributed by atoms with E-state index in [0.717, 1.165) is 28.4 Å².